The van der Waals surface area contributed by atoms with Crippen LogP contribution in [0.1, 0.15) is 31.0 Å². The zero-order chi connectivity index (χ0) is 16.6. The predicted molar refractivity (Wildman–Crippen MR) is 93.8 cm³/mol. The Labute approximate surface area is 141 Å². The number of rotatable bonds is 4. The molecule has 4 nitrogen and oxygen atoms in total. The number of aromatic hydroxyl groups is 1. The summed E-state index contributed by atoms with van der Waals surface area (Å²) in [5.41, 5.74) is 0.562. The van der Waals surface area contributed by atoms with E-state index in [0.29, 0.717) is 5.56 Å². The predicted octanol–water partition coefficient (Wildman–Crippen LogP) is 5.22. The fourth-order valence-corrected chi connectivity index (χ4v) is 4.66. The van der Waals surface area contributed by atoms with Crippen molar-refractivity contribution in [1.82, 2.24) is 0 Å². The van der Waals surface area contributed by atoms with Crippen LogP contribution in [0.15, 0.2) is 42.5 Å². The van der Waals surface area contributed by atoms with E-state index in [-0.39, 0.29) is 17.4 Å². The summed E-state index contributed by atoms with van der Waals surface area (Å²) in [6.07, 6.45) is 0. The van der Waals surface area contributed by atoms with Gasteiger partial charge in [0.05, 0.1) is 10.8 Å². The second kappa shape index (κ2) is 6.14. The first-order chi connectivity index (χ1) is 11.0. The smallest absolute Gasteiger partial charge is 0.270 e. The molecule has 0 spiro atoms. The summed E-state index contributed by atoms with van der Waals surface area (Å²) in [4.78, 5) is 15.1. The van der Waals surface area contributed by atoms with E-state index >= 15 is 0 Å². The van der Waals surface area contributed by atoms with Crippen LogP contribution in [0, 0.1) is 24.0 Å². The zero-order valence-electron chi connectivity index (χ0n) is 12.6. The highest BCUT2D eigenvalue weighted by atomic mass is 32.1. The molecule has 0 amide bonds. The lowest BCUT2D eigenvalue weighted by atomic mass is 9.94. The van der Waals surface area contributed by atoms with Crippen LogP contribution in [0.5, 0.6) is 5.75 Å². The van der Waals surface area contributed by atoms with Crippen LogP contribution in [-0.4, -0.2) is 10.0 Å². The van der Waals surface area contributed by atoms with Crippen molar-refractivity contribution in [3.63, 3.8) is 0 Å². The molecule has 6 heteroatoms. The summed E-state index contributed by atoms with van der Waals surface area (Å²) in [6.45, 7) is 4.05. The summed E-state index contributed by atoms with van der Waals surface area (Å²) < 4.78 is 0. The third kappa shape index (κ3) is 3.13. The molecule has 0 unspecified atom stereocenters. The van der Waals surface area contributed by atoms with Gasteiger partial charge in [0.2, 0.25) is 0 Å². The van der Waals surface area contributed by atoms with Crippen LogP contribution in [-0.2, 0) is 0 Å². The lowest BCUT2D eigenvalue weighted by Gasteiger charge is -2.16. The molecule has 0 fully saturated rings. The first-order valence-corrected chi connectivity index (χ1v) is 8.69. The van der Waals surface area contributed by atoms with Crippen molar-refractivity contribution in [1.29, 1.82) is 0 Å². The van der Waals surface area contributed by atoms with Gasteiger partial charge in [-0.25, -0.2) is 0 Å². The number of phenols is 1. The van der Waals surface area contributed by atoms with E-state index in [4.69, 9.17) is 0 Å². The lowest BCUT2D eigenvalue weighted by Crippen LogP contribution is -2.01. The Morgan fingerprint density at radius 1 is 1.00 bits per heavy atom. The molecular formula is C17H15NO3S2. The number of benzene rings is 1. The van der Waals surface area contributed by atoms with E-state index in [1.165, 1.54) is 28.0 Å². The topological polar surface area (TPSA) is 63.4 Å². The molecule has 0 bridgehead atoms. The molecule has 118 valence electrons. The van der Waals surface area contributed by atoms with Crippen molar-refractivity contribution >= 4 is 28.4 Å². The molecule has 1 N–H and O–H groups in total. The Morgan fingerprint density at radius 3 is 2.00 bits per heavy atom. The minimum Gasteiger partial charge on any atom is -0.508 e. The van der Waals surface area contributed by atoms with Gasteiger partial charge in [-0.15, -0.1) is 22.7 Å². The van der Waals surface area contributed by atoms with Crippen molar-refractivity contribution in [2.45, 2.75) is 19.8 Å². The van der Waals surface area contributed by atoms with Crippen molar-refractivity contribution < 1.29 is 10.0 Å². The number of hydrogen-bond acceptors (Lipinski definition) is 5. The van der Waals surface area contributed by atoms with Gasteiger partial charge < -0.3 is 5.11 Å². The number of non-ortho nitro benzene ring substituents is 1. The molecule has 3 rings (SSSR count). The number of phenolic OH excluding ortho intramolecular Hbond substituents is 1. The van der Waals surface area contributed by atoms with Gasteiger partial charge in [-0.05, 0) is 44.2 Å². The summed E-state index contributed by atoms with van der Waals surface area (Å²) in [7, 11) is 0. The summed E-state index contributed by atoms with van der Waals surface area (Å²) in [6, 6.07) is 12.3. The lowest BCUT2D eigenvalue weighted by molar-refractivity contribution is -0.384. The summed E-state index contributed by atoms with van der Waals surface area (Å²) >= 11 is 3.29. The maximum absolute atomic E-state index is 11.1. The van der Waals surface area contributed by atoms with Crippen LogP contribution in [0.2, 0.25) is 0 Å². The average molecular weight is 345 g/mol. The average Bonchev–Trinajstić information content (AvgIpc) is 3.10. The highest BCUT2D eigenvalue weighted by Gasteiger charge is 2.25. The molecule has 0 atom stereocenters. The first-order valence-electron chi connectivity index (χ1n) is 7.05. The molecular weight excluding hydrogens is 330 g/mol. The molecule has 1 aromatic carbocycles. The van der Waals surface area contributed by atoms with E-state index in [1.807, 2.05) is 38.1 Å². The van der Waals surface area contributed by atoms with Crippen LogP contribution >= 0.6 is 22.7 Å². The normalized spacial score (nSPS) is 11.1. The van der Waals surface area contributed by atoms with Crippen LogP contribution < -0.4 is 0 Å². The van der Waals surface area contributed by atoms with Gasteiger partial charge in [0.1, 0.15) is 5.75 Å². The van der Waals surface area contributed by atoms with Crippen LogP contribution in [0.4, 0.5) is 5.69 Å². The second-order valence-corrected chi connectivity index (χ2v) is 7.97. The van der Waals surface area contributed by atoms with Crippen molar-refractivity contribution in [2.75, 3.05) is 0 Å². The molecule has 0 saturated heterocycles. The quantitative estimate of drug-likeness (QED) is 0.521. The summed E-state index contributed by atoms with van der Waals surface area (Å²) in [5, 5.41) is 21.4. The van der Waals surface area contributed by atoms with E-state index < -0.39 is 4.92 Å². The SMILES string of the molecule is Cc1ccc(C(c2ccc(C)s2)c2cc([N+](=O)[O-])ccc2O)s1. The van der Waals surface area contributed by atoms with E-state index in [9.17, 15) is 15.2 Å². The van der Waals surface area contributed by atoms with Gasteiger partial charge in [-0.3, -0.25) is 10.1 Å². The van der Waals surface area contributed by atoms with Gasteiger partial charge in [-0.2, -0.15) is 0 Å². The molecule has 0 aliphatic carbocycles. The van der Waals surface area contributed by atoms with Crippen molar-refractivity contribution in [3.05, 3.63) is 77.7 Å². The van der Waals surface area contributed by atoms with Gasteiger partial charge in [-0.1, -0.05) is 0 Å². The monoisotopic (exact) mass is 345 g/mol. The van der Waals surface area contributed by atoms with Crippen molar-refractivity contribution in [2.24, 2.45) is 0 Å². The minimum absolute atomic E-state index is 0.00986. The molecule has 0 aliphatic heterocycles. The molecule has 0 aliphatic rings. The number of nitro benzene ring substituents is 1. The number of aryl methyl sites for hydroxylation is 2. The Balaban J connectivity index is 2.19. The third-order valence-electron chi connectivity index (χ3n) is 3.62. The van der Waals surface area contributed by atoms with Gasteiger partial charge in [0.15, 0.2) is 0 Å². The third-order valence-corrected chi connectivity index (χ3v) is 5.76. The minimum atomic E-state index is -0.431. The number of nitrogens with zero attached hydrogens (tertiary/aromatic N) is 1. The molecule has 0 saturated carbocycles. The largest absolute Gasteiger partial charge is 0.508 e. The summed E-state index contributed by atoms with van der Waals surface area (Å²) in [5.74, 6) is -0.106. The Kier molecular flexibility index (Phi) is 4.19. The van der Waals surface area contributed by atoms with Crippen LogP contribution in [0.25, 0.3) is 0 Å². The standard InChI is InChI=1S/C17H15NO3S2/c1-10-3-7-15(22-10)17(16-8-4-11(2)23-16)13-9-12(18(20)21)5-6-14(13)19/h3-9,17,19H,1-2H3. The number of thiophene rings is 2. The Morgan fingerprint density at radius 2 is 1.57 bits per heavy atom. The van der Waals surface area contributed by atoms with E-state index in [1.54, 1.807) is 22.7 Å². The Bertz CT molecular complexity index is 826. The fourth-order valence-electron chi connectivity index (χ4n) is 2.55. The second-order valence-electron chi connectivity index (χ2n) is 5.33. The number of nitro groups is 1. The van der Waals surface area contributed by atoms with E-state index in [0.717, 1.165) is 9.75 Å². The maximum atomic E-state index is 11.1. The van der Waals surface area contributed by atoms with Gasteiger partial charge >= 0.3 is 0 Å². The fraction of sp³-hybridized carbons (Fsp3) is 0.176. The van der Waals surface area contributed by atoms with Gasteiger partial charge in [0.25, 0.3) is 5.69 Å². The zero-order valence-corrected chi connectivity index (χ0v) is 14.3. The Hall–Kier alpha value is -2.18. The maximum Gasteiger partial charge on any atom is 0.270 e. The molecule has 2 heterocycles. The van der Waals surface area contributed by atoms with E-state index in [2.05, 4.69) is 0 Å². The van der Waals surface area contributed by atoms with Crippen LogP contribution in [0.3, 0.4) is 0 Å². The highest BCUT2D eigenvalue weighted by molar-refractivity contribution is 7.13. The van der Waals surface area contributed by atoms with Gasteiger partial charge in [0, 0.05) is 37.2 Å². The van der Waals surface area contributed by atoms with Crippen molar-refractivity contribution in [3.8, 4) is 5.75 Å². The molecule has 3 aromatic rings. The molecule has 2 aromatic heterocycles. The first kappa shape index (κ1) is 15.7. The molecule has 23 heavy (non-hydrogen) atoms. The highest BCUT2D eigenvalue weighted by Crippen LogP contribution is 2.43. The molecule has 0 radical (unpaired) electrons. The number of hydrogen-bond donors (Lipinski definition) is 1.